The van der Waals surface area contributed by atoms with E-state index in [4.69, 9.17) is 19.9 Å². The van der Waals surface area contributed by atoms with E-state index in [0.29, 0.717) is 26.1 Å². The SMILES string of the molecule is CCOc1cc(C)cc(OC(C)C)c1.COc1cccc(CNCC(N)CNC=O)c1.Cc1ccccc1. The average Bonchev–Trinajstić information content (AvgIpc) is 2.88. The third-order valence-electron chi connectivity index (χ3n) is 4.98. The number of hydrogen-bond donors (Lipinski definition) is 3. The molecule has 0 aliphatic heterocycles. The summed E-state index contributed by atoms with van der Waals surface area (Å²) in [7, 11) is 1.65. The Morgan fingerprint density at radius 2 is 1.58 bits per heavy atom. The van der Waals surface area contributed by atoms with Gasteiger partial charge in [0.15, 0.2) is 0 Å². The van der Waals surface area contributed by atoms with Crippen LogP contribution in [0.4, 0.5) is 0 Å². The Balaban J connectivity index is 0.000000308. The summed E-state index contributed by atoms with van der Waals surface area (Å²) in [5, 5.41) is 5.77. The number of rotatable bonds is 12. The molecule has 38 heavy (non-hydrogen) atoms. The van der Waals surface area contributed by atoms with Crippen molar-refractivity contribution in [3.8, 4) is 17.2 Å². The summed E-state index contributed by atoms with van der Waals surface area (Å²) in [5.41, 5.74) is 9.39. The van der Waals surface area contributed by atoms with Gasteiger partial charge in [0.25, 0.3) is 0 Å². The molecular formula is C31H45N3O4. The van der Waals surface area contributed by atoms with Gasteiger partial charge in [-0.05, 0) is 70.0 Å². The van der Waals surface area contributed by atoms with E-state index >= 15 is 0 Å². The predicted octanol–water partition coefficient (Wildman–Crippen LogP) is 5.03. The van der Waals surface area contributed by atoms with Crippen LogP contribution in [0.3, 0.4) is 0 Å². The number of ether oxygens (including phenoxy) is 3. The van der Waals surface area contributed by atoms with E-state index in [9.17, 15) is 4.79 Å². The van der Waals surface area contributed by atoms with Gasteiger partial charge in [-0.15, -0.1) is 0 Å². The number of hydrogen-bond acceptors (Lipinski definition) is 6. The topological polar surface area (TPSA) is 94.8 Å². The van der Waals surface area contributed by atoms with Crippen molar-refractivity contribution >= 4 is 6.41 Å². The molecule has 0 heterocycles. The third-order valence-corrected chi connectivity index (χ3v) is 4.98. The van der Waals surface area contributed by atoms with Gasteiger partial charge in [-0.25, -0.2) is 0 Å². The van der Waals surface area contributed by atoms with Gasteiger partial charge in [-0.2, -0.15) is 0 Å². The summed E-state index contributed by atoms with van der Waals surface area (Å²) >= 11 is 0. The molecule has 0 saturated carbocycles. The first-order valence-corrected chi connectivity index (χ1v) is 13.0. The van der Waals surface area contributed by atoms with Crippen molar-refractivity contribution in [2.45, 2.75) is 53.3 Å². The molecule has 3 aromatic rings. The number of aryl methyl sites for hydroxylation is 2. The van der Waals surface area contributed by atoms with Gasteiger partial charge < -0.3 is 30.6 Å². The van der Waals surface area contributed by atoms with E-state index in [1.807, 2.05) is 88.4 Å². The first-order valence-electron chi connectivity index (χ1n) is 13.0. The van der Waals surface area contributed by atoms with Crippen LogP contribution in [0.2, 0.25) is 0 Å². The Morgan fingerprint density at radius 3 is 2.16 bits per heavy atom. The highest BCUT2D eigenvalue weighted by Crippen LogP contribution is 2.23. The molecule has 0 aliphatic carbocycles. The van der Waals surface area contributed by atoms with Crippen LogP contribution in [0.5, 0.6) is 17.2 Å². The van der Waals surface area contributed by atoms with Gasteiger partial charge in [-0.3, -0.25) is 4.79 Å². The van der Waals surface area contributed by atoms with Gasteiger partial charge in [0.1, 0.15) is 17.2 Å². The van der Waals surface area contributed by atoms with Crippen LogP contribution >= 0.6 is 0 Å². The average molecular weight is 524 g/mol. The lowest BCUT2D eigenvalue weighted by Crippen LogP contribution is -2.41. The maximum atomic E-state index is 10.1. The molecule has 3 aromatic carbocycles. The van der Waals surface area contributed by atoms with Crippen molar-refractivity contribution in [2.24, 2.45) is 5.73 Å². The minimum Gasteiger partial charge on any atom is -0.497 e. The fourth-order valence-electron chi connectivity index (χ4n) is 3.29. The highest BCUT2D eigenvalue weighted by Gasteiger charge is 2.02. The first-order chi connectivity index (χ1) is 18.3. The molecular weight excluding hydrogens is 478 g/mol. The van der Waals surface area contributed by atoms with Crippen molar-refractivity contribution < 1.29 is 19.0 Å². The van der Waals surface area contributed by atoms with E-state index in [1.165, 1.54) is 5.56 Å². The van der Waals surface area contributed by atoms with Crippen LogP contribution in [0.1, 0.15) is 37.5 Å². The Bertz CT molecular complexity index is 1030. The van der Waals surface area contributed by atoms with E-state index in [0.717, 1.165) is 34.9 Å². The first kappa shape index (κ1) is 32.5. The van der Waals surface area contributed by atoms with Gasteiger partial charge in [0, 0.05) is 31.7 Å². The maximum absolute atomic E-state index is 10.1. The van der Waals surface area contributed by atoms with Crippen LogP contribution in [0.25, 0.3) is 0 Å². The second-order valence-electron chi connectivity index (χ2n) is 9.00. The quantitative estimate of drug-likeness (QED) is 0.288. The summed E-state index contributed by atoms with van der Waals surface area (Å²) in [4.78, 5) is 10.1. The van der Waals surface area contributed by atoms with Crippen LogP contribution in [-0.4, -0.2) is 45.4 Å². The number of nitrogens with one attached hydrogen (secondary N) is 2. The molecule has 0 bridgehead atoms. The summed E-state index contributed by atoms with van der Waals surface area (Å²) in [6.07, 6.45) is 0.855. The Kier molecular flexibility index (Phi) is 16.7. The van der Waals surface area contributed by atoms with Crippen molar-refractivity contribution in [2.75, 3.05) is 26.8 Å². The Morgan fingerprint density at radius 1 is 0.868 bits per heavy atom. The van der Waals surface area contributed by atoms with E-state index in [-0.39, 0.29) is 12.1 Å². The van der Waals surface area contributed by atoms with Gasteiger partial charge in [-0.1, -0.05) is 48.0 Å². The minimum atomic E-state index is -0.0780. The second-order valence-corrected chi connectivity index (χ2v) is 9.00. The minimum absolute atomic E-state index is 0.0780. The molecule has 0 fully saturated rings. The number of carbonyl (C=O) groups excluding carboxylic acids is 1. The number of amides is 1. The van der Waals surface area contributed by atoms with E-state index in [1.54, 1.807) is 7.11 Å². The van der Waals surface area contributed by atoms with Crippen LogP contribution < -0.4 is 30.6 Å². The van der Waals surface area contributed by atoms with Gasteiger partial charge in [0.2, 0.25) is 6.41 Å². The zero-order valence-corrected chi connectivity index (χ0v) is 23.7. The lowest BCUT2D eigenvalue weighted by Gasteiger charge is -2.12. The van der Waals surface area contributed by atoms with Crippen molar-refractivity contribution in [3.05, 3.63) is 89.5 Å². The van der Waals surface area contributed by atoms with Crippen LogP contribution in [-0.2, 0) is 11.3 Å². The summed E-state index contributed by atoms with van der Waals surface area (Å²) < 4.78 is 16.2. The maximum Gasteiger partial charge on any atom is 0.207 e. The summed E-state index contributed by atoms with van der Waals surface area (Å²) in [5.74, 6) is 2.60. The Labute approximate surface area is 228 Å². The normalized spacial score (nSPS) is 10.7. The monoisotopic (exact) mass is 523 g/mol. The molecule has 1 amide bonds. The molecule has 4 N–H and O–H groups in total. The summed E-state index contributed by atoms with van der Waals surface area (Å²) in [6, 6.07) is 24.0. The molecule has 3 rings (SSSR count). The molecule has 1 unspecified atom stereocenters. The lowest BCUT2D eigenvalue weighted by atomic mass is 10.2. The fraction of sp³-hybridized carbons (Fsp3) is 0.387. The molecule has 7 nitrogen and oxygen atoms in total. The van der Waals surface area contributed by atoms with Gasteiger partial charge >= 0.3 is 0 Å². The number of benzene rings is 3. The zero-order chi connectivity index (χ0) is 28.2. The molecule has 1 atom stereocenters. The molecule has 7 heteroatoms. The standard InChI is InChI=1S/C12H19N3O2.C12H18O2.C7H8/c1-17-12-4-2-3-10(5-12)6-14-7-11(13)8-15-9-16;1-5-13-11-6-10(4)7-12(8-11)14-9(2)3;1-7-5-3-2-4-6-7/h2-5,9,11,14H,6-8,13H2,1H3,(H,15,16);6-9H,5H2,1-4H3;2-6H,1H3. The molecule has 0 radical (unpaired) electrons. The Hall–Kier alpha value is -3.55. The molecule has 0 aliphatic rings. The number of nitrogens with two attached hydrogens (primary N) is 1. The predicted molar refractivity (Wildman–Crippen MR) is 156 cm³/mol. The fourth-order valence-corrected chi connectivity index (χ4v) is 3.29. The van der Waals surface area contributed by atoms with Gasteiger partial charge in [0.05, 0.1) is 19.8 Å². The van der Waals surface area contributed by atoms with Crippen molar-refractivity contribution in [3.63, 3.8) is 0 Å². The molecule has 0 spiro atoms. The molecule has 208 valence electrons. The summed E-state index contributed by atoms with van der Waals surface area (Å²) in [6.45, 7) is 12.7. The van der Waals surface area contributed by atoms with Crippen molar-refractivity contribution in [1.29, 1.82) is 0 Å². The number of carbonyl (C=O) groups is 1. The second kappa shape index (κ2) is 19.5. The van der Waals surface area contributed by atoms with E-state index < -0.39 is 0 Å². The highest BCUT2D eigenvalue weighted by atomic mass is 16.5. The zero-order valence-electron chi connectivity index (χ0n) is 23.7. The largest absolute Gasteiger partial charge is 0.497 e. The third kappa shape index (κ3) is 15.5. The van der Waals surface area contributed by atoms with Crippen LogP contribution in [0, 0.1) is 13.8 Å². The molecule has 0 saturated heterocycles. The smallest absolute Gasteiger partial charge is 0.207 e. The highest BCUT2D eigenvalue weighted by molar-refractivity contribution is 5.45. The lowest BCUT2D eigenvalue weighted by molar-refractivity contribution is -0.109. The molecule has 0 aromatic heterocycles. The van der Waals surface area contributed by atoms with Crippen LogP contribution in [0.15, 0.2) is 72.8 Å². The number of methoxy groups -OCH3 is 1. The van der Waals surface area contributed by atoms with E-state index in [2.05, 4.69) is 29.7 Å². The van der Waals surface area contributed by atoms with Crippen molar-refractivity contribution in [1.82, 2.24) is 10.6 Å².